The van der Waals surface area contributed by atoms with E-state index >= 15 is 0 Å². The van der Waals surface area contributed by atoms with E-state index in [4.69, 9.17) is 14.2 Å². The number of esters is 1. The number of carbonyl (C=O) groups excluding carboxylic acids is 1. The summed E-state index contributed by atoms with van der Waals surface area (Å²) in [4.78, 5) is 42.1. The van der Waals surface area contributed by atoms with Gasteiger partial charge >= 0.3 is 5.97 Å². The highest BCUT2D eigenvalue weighted by molar-refractivity contribution is 7.07. The van der Waals surface area contributed by atoms with Gasteiger partial charge in [-0.25, -0.2) is 9.79 Å². The van der Waals surface area contributed by atoms with E-state index in [1.165, 1.54) is 30.9 Å². The van der Waals surface area contributed by atoms with E-state index in [-0.39, 0.29) is 23.4 Å². The summed E-state index contributed by atoms with van der Waals surface area (Å²) in [6, 6.07) is 10.2. The fourth-order valence-electron chi connectivity index (χ4n) is 3.97. The second-order valence-electron chi connectivity index (χ2n) is 7.76. The number of nitro benzene ring substituents is 1. The predicted molar refractivity (Wildman–Crippen MR) is 133 cm³/mol. The summed E-state index contributed by atoms with van der Waals surface area (Å²) in [5, 5.41) is 11.0. The maximum absolute atomic E-state index is 13.7. The van der Waals surface area contributed by atoms with E-state index in [0.29, 0.717) is 37.7 Å². The molecule has 1 atom stereocenters. The number of methoxy groups -OCH3 is 2. The van der Waals surface area contributed by atoms with Gasteiger partial charge in [0.2, 0.25) is 0 Å². The summed E-state index contributed by atoms with van der Waals surface area (Å²) >= 11 is 1.16. The molecule has 1 aliphatic heterocycles. The van der Waals surface area contributed by atoms with E-state index < -0.39 is 16.9 Å². The SMILES string of the molecule is CCOC(=O)C1=C(C)N=c2sc(=Cc3ccc([N+](=O)[O-])cc3)c(=O)n2[C@H]1c1ccc(OC)cc1OC. The zero-order valence-corrected chi connectivity index (χ0v) is 20.8. The zero-order valence-electron chi connectivity index (χ0n) is 20.0. The lowest BCUT2D eigenvalue weighted by atomic mass is 9.95. The predicted octanol–water partition coefficient (Wildman–Crippen LogP) is 2.72. The number of nitro groups is 1. The number of allylic oxidation sites excluding steroid dienone is 1. The van der Waals surface area contributed by atoms with E-state index in [2.05, 4.69) is 4.99 Å². The normalized spacial score (nSPS) is 15.2. The Labute approximate surface area is 209 Å². The molecule has 4 rings (SSSR count). The molecule has 0 unspecified atom stereocenters. The molecular formula is C25H23N3O7S. The smallest absolute Gasteiger partial charge is 0.338 e. The fraction of sp³-hybridized carbons (Fsp3) is 0.240. The number of non-ortho nitro benzene ring substituents is 1. The molecule has 1 aliphatic rings. The van der Waals surface area contributed by atoms with E-state index in [1.54, 1.807) is 50.3 Å². The van der Waals surface area contributed by atoms with Crippen LogP contribution in [0.1, 0.15) is 31.0 Å². The molecule has 0 amide bonds. The number of carbonyl (C=O) groups is 1. The number of aromatic nitrogens is 1. The van der Waals surface area contributed by atoms with Gasteiger partial charge < -0.3 is 14.2 Å². The molecule has 0 radical (unpaired) electrons. The number of fused-ring (bicyclic) bond motifs is 1. The molecule has 11 heteroatoms. The maximum atomic E-state index is 13.7. The van der Waals surface area contributed by atoms with Gasteiger partial charge in [0.05, 0.1) is 41.6 Å². The van der Waals surface area contributed by atoms with Crippen molar-refractivity contribution in [3.05, 3.63) is 94.7 Å². The second kappa shape index (κ2) is 10.2. The summed E-state index contributed by atoms with van der Waals surface area (Å²) in [5.74, 6) is 0.409. The van der Waals surface area contributed by atoms with Crippen LogP contribution in [0.25, 0.3) is 6.08 Å². The molecule has 2 heterocycles. The average Bonchev–Trinajstić information content (AvgIpc) is 3.17. The van der Waals surface area contributed by atoms with Gasteiger partial charge in [0.25, 0.3) is 11.2 Å². The van der Waals surface area contributed by atoms with Crippen LogP contribution in [0.5, 0.6) is 11.5 Å². The maximum Gasteiger partial charge on any atom is 0.338 e. The van der Waals surface area contributed by atoms with Crippen molar-refractivity contribution in [2.45, 2.75) is 19.9 Å². The number of ether oxygens (including phenoxy) is 3. The van der Waals surface area contributed by atoms with Crippen LogP contribution in [-0.4, -0.2) is 36.3 Å². The van der Waals surface area contributed by atoms with Crippen LogP contribution in [0, 0.1) is 10.1 Å². The lowest BCUT2D eigenvalue weighted by Crippen LogP contribution is -2.40. The van der Waals surface area contributed by atoms with Gasteiger partial charge in [0.1, 0.15) is 17.5 Å². The Bertz CT molecular complexity index is 1550. The first-order valence-electron chi connectivity index (χ1n) is 10.9. The molecule has 36 heavy (non-hydrogen) atoms. The molecule has 2 aromatic carbocycles. The summed E-state index contributed by atoms with van der Waals surface area (Å²) in [6.45, 7) is 3.56. The molecule has 0 bridgehead atoms. The monoisotopic (exact) mass is 509 g/mol. The summed E-state index contributed by atoms with van der Waals surface area (Å²) < 4.78 is 18.0. The van der Waals surface area contributed by atoms with Gasteiger partial charge in [-0.15, -0.1) is 0 Å². The van der Waals surface area contributed by atoms with Gasteiger partial charge in [-0.1, -0.05) is 11.3 Å². The molecule has 186 valence electrons. The van der Waals surface area contributed by atoms with Crippen molar-refractivity contribution in [1.29, 1.82) is 0 Å². The highest BCUT2D eigenvalue weighted by Crippen LogP contribution is 2.37. The molecule has 1 aromatic heterocycles. The number of thiazole rings is 1. The second-order valence-corrected chi connectivity index (χ2v) is 8.77. The summed E-state index contributed by atoms with van der Waals surface area (Å²) in [7, 11) is 3.03. The zero-order chi connectivity index (χ0) is 26.0. The molecule has 0 N–H and O–H groups in total. The molecule has 10 nitrogen and oxygen atoms in total. The van der Waals surface area contributed by atoms with Crippen molar-refractivity contribution < 1.29 is 23.9 Å². The molecule has 0 aliphatic carbocycles. The van der Waals surface area contributed by atoms with Crippen LogP contribution >= 0.6 is 11.3 Å². The Morgan fingerprint density at radius 2 is 1.92 bits per heavy atom. The molecule has 0 saturated heterocycles. The first-order valence-corrected chi connectivity index (χ1v) is 11.8. The van der Waals surface area contributed by atoms with Crippen molar-refractivity contribution in [3.63, 3.8) is 0 Å². The van der Waals surface area contributed by atoms with Crippen molar-refractivity contribution >= 4 is 29.1 Å². The molecule has 3 aromatic rings. The van der Waals surface area contributed by atoms with Gasteiger partial charge in [-0.05, 0) is 49.8 Å². The minimum Gasteiger partial charge on any atom is -0.497 e. The Kier molecular flexibility index (Phi) is 7.02. The Morgan fingerprint density at radius 3 is 2.53 bits per heavy atom. The Balaban J connectivity index is 1.95. The minimum absolute atomic E-state index is 0.0464. The topological polar surface area (TPSA) is 122 Å². The van der Waals surface area contributed by atoms with Crippen LogP contribution in [0.3, 0.4) is 0 Å². The van der Waals surface area contributed by atoms with Gasteiger partial charge in [-0.3, -0.25) is 19.5 Å². The van der Waals surface area contributed by atoms with E-state index in [1.807, 2.05) is 0 Å². The Morgan fingerprint density at radius 1 is 1.19 bits per heavy atom. The summed E-state index contributed by atoms with van der Waals surface area (Å²) in [5.41, 5.74) is 1.43. The molecule has 0 saturated carbocycles. The number of hydrogen-bond acceptors (Lipinski definition) is 9. The van der Waals surface area contributed by atoms with Gasteiger partial charge in [0, 0.05) is 23.8 Å². The molecule has 0 fully saturated rings. The molecular weight excluding hydrogens is 486 g/mol. The first-order chi connectivity index (χ1) is 17.3. The van der Waals surface area contributed by atoms with Crippen LogP contribution in [0.2, 0.25) is 0 Å². The first kappa shape index (κ1) is 24.9. The average molecular weight is 510 g/mol. The number of benzene rings is 2. The van der Waals surface area contributed by atoms with Crippen LogP contribution in [0.4, 0.5) is 5.69 Å². The largest absolute Gasteiger partial charge is 0.497 e. The quantitative estimate of drug-likeness (QED) is 0.273. The van der Waals surface area contributed by atoms with Crippen LogP contribution in [0.15, 0.2) is 63.5 Å². The lowest BCUT2D eigenvalue weighted by molar-refractivity contribution is -0.384. The van der Waals surface area contributed by atoms with Crippen LogP contribution < -0.4 is 24.4 Å². The van der Waals surface area contributed by atoms with Crippen molar-refractivity contribution in [3.8, 4) is 11.5 Å². The third-order valence-corrected chi connectivity index (χ3v) is 6.64. The highest BCUT2D eigenvalue weighted by Gasteiger charge is 2.35. The van der Waals surface area contributed by atoms with Crippen LogP contribution in [-0.2, 0) is 9.53 Å². The molecule has 0 spiro atoms. The fourth-order valence-corrected chi connectivity index (χ4v) is 5.02. The van der Waals surface area contributed by atoms with E-state index in [9.17, 15) is 19.7 Å². The van der Waals surface area contributed by atoms with Crippen molar-refractivity contribution in [1.82, 2.24) is 4.57 Å². The Hall–Kier alpha value is -4.25. The third-order valence-electron chi connectivity index (χ3n) is 5.65. The minimum atomic E-state index is -0.847. The standard InChI is InChI=1S/C25H23N3O7S/c1-5-35-24(30)21-14(2)26-25-27(22(21)18-11-10-17(33-3)13-19(18)34-4)23(29)20(36-25)12-15-6-8-16(9-7-15)28(31)32/h6-13,22H,5H2,1-4H3/t22-/m0/s1. The van der Waals surface area contributed by atoms with Crippen molar-refractivity contribution in [2.24, 2.45) is 4.99 Å². The van der Waals surface area contributed by atoms with E-state index in [0.717, 1.165) is 11.3 Å². The number of nitrogens with zero attached hydrogens (tertiary/aromatic N) is 3. The van der Waals surface area contributed by atoms with Gasteiger partial charge in [0.15, 0.2) is 4.80 Å². The lowest BCUT2D eigenvalue weighted by Gasteiger charge is -2.26. The van der Waals surface area contributed by atoms with Gasteiger partial charge in [-0.2, -0.15) is 0 Å². The summed E-state index contributed by atoms with van der Waals surface area (Å²) in [6.07, 6.45) is 1.64. The number of hydrogen-bond donors (Lipinski definition) is 0. The third kappa shape index (κ3) is 4.52. The van der Waals surface area contributed by atoms with Crippen molar-refractivity contribution in [2.75, 3.05) is 20.8 Å². The highest BCUT2D eigenvalue weighted by atomic mass is 32.1. The number of rotatable bonds is 7.